The molecule has 1 aliphatic rings. The van der Waals surface area contributed by atoms with Gasteiger partial charge in [-0.2, -0.15) is 0 Å². The second kappa shape index (κ2) is 12.9. The lowest BCUT2D eigenvalue weighted by Gasteiger charge is -2.45. The normalized spacial score (nSPS) is 18.7. The van der Waals surface area contributed by atoms with E-state index in [1.165, 1.54) is 0 Å². The number of carbonyl (C=O) groups excluding carboxylic acids is 2. The van der Waals surface area contributed by atoms with Gasteiger partial charge in [-0.05, 0) is 44.2 Å². The molecule has 0 aliphatic heterocycles. The molecule has 220 valence electrons. The van der Waals surface area contributed by atoms with Crippen LogP contribution in [0.2, 0.25) is 5.04 Å². The summed E-state index contributed by atoms with van der Waals surface area (Å²) in [4.78, 5) is 24.6. The van der Waals surface area contributed by atoms with Crippen molar-refractivity contribution >= 4 is 31.1 Å². The first kappa shape index (κ1) is 30.2. The second-order valence-electron chi connectivity index (χ2n) is 12.0. The summed E-state index contributed by atoms with van der Waals surface area (Å²) in [6.07, 6.45) is -0.456. The summed E-state index contributed by atoms with van der Waals surface area (Å²) >= 11 is 0. The van der Waals surface area contributed by atoms with Gasteiger partial charge >= 0.3 is 5.97 Å². The molecule has 0 bridgehead atoms. The fourth-order valence-electron chi connectivity index (χ4n) is 6.16. The second-order valence-corrected chi connectivity index (χ2v) is 16.3. The Bertz CT molecular complexity index is 1490. The van der Waals surface area contributed by atoms with Crippen LogP contribution in [0.15, 0.2) is 127 Å². The number of esters is 1. The smallest absolute Gasteiger partial charge is 0.338 e. The zero-order valence-corrected chi connectivity index (χ0v) is 25.9. The van der Waals surface area contributed by atoms with Gasteiger partial charge in [-0.1, -0.05) is 130 Å². The zero-order chi connectivity index (χ0) is 30.5. The maximum atomic E-state index is 13.2. The van der Waals surface area contributed by atoms with Crippen LogP contribution in [0.25, 0.3) is 11.1 Å². The summed E-state index contributed by atoms with van der Waals surface area (Å²) in [5.41, 5.74) is 3.26. The van der Waals surface area contributed by atoms with Crippen LogP contribution in [0.4, 0.5) is 0 Å². The third-order valence-electron chi connectivity index (χ3n) is 8.37. The van der Waals surface area contributed by atoms with E-state index in [2.05, 4.69) is 51.6 Å². The number of rotatable bonds is 10. The van der Waals surface area contributed by atoms with Gasteiger partial charge in [0.15, 0.2) is 0 Å². The van der Waals surface area contributed by atoms with E-state index in [1.54, 1.807) is 12.1 Å². The fraction of sp³-hybridized carbons (Fsp3) is 0.243. The molecule has 3 atom stereocenters. The van der Waals surface area contributed by atoms with Crippen molar-refractivity contribution in [2.45, 2.75) is 44.4 Å². The highest BCUT2D eigenvalue weighted by Crippen LogP contribution is 2.43. The van der Waals surface area contributed by atoms with E-state index < -0.39 is 20.4 Å². The number of hydrogen-bond donors (Lipinski definition) is 0. The summed E-state index contributed by atoms with van der Waals surface area (Å²) < 4.78 is 18.7. The van der Waals surface area contributed by atoms with E-state index in [0.717, 1.165) is 21.5 Å². The van der Waals surface area contributed by atoms with Gasteiger partial charge in [-0.25, -0.2) is 4.79 Å². The third kappa shape index (κ3) is 6.26. The lowest BCUT2D eigenvalue weighted by atomic mass is 10.0. The molecule has 0 radical (unpaired) electrons. The van der Waals surface area contributed by atoms with Gasteiger partial charge in [0, 0.05) is 12.3 Å². The van der Waals surface area contributed by atoms with Crippen LogP contribution in [0.3, 0.4) is 0 Å². The van der Waals surface area contributed by atoms with Crippen molar-refractivity contribution < 1.29 is 23.5 Å². The van der Waals surface area contributed by atoms with Gasteiger partial charge < -0.3 is 13.9 Å². The van der Waals surface area contributed by atoms with Gasteiger partial charge in [0.25, 0.3) is 14.8 Å². The van der Waals surface area contributed by atoms with Crippen LogP contribution in [0.1, 0.15) is 37.6 Å². The quantitative estimate of drug-likeness (QED) is 0.0905. The molecule has 0 amide bonds. The zero-order valence-electron chi connectivity index (χ0n) is 24.9. The molecule has 6 heteroatoms. The highest BCUT2D eigenvalue weighted by atomic mass is 28.4. The molecule has 3 unspecified atom stereocenters. The summed E-state index contributed by atoms with van der Waals surface area (Å²) in [7, 11) is -2.92. The van der Waals surface area contributed by atoms with Crippen LogP contribution in [0.5, 0.6) is 0 Å². The van der Waals surface area contributed by atoms with Crippen LogP contribution < -0.4 is 10.4 Å². The Kier molecular flexibility index (Phi) is 9.09. The molecule has 5 rings (SSSR count). The molecule has 0 saturated heterocycles. The molecule has 4 aromatic carbocycles. The summed E-state index contributed by atoms with van der Waals surface area (Å²) in [6.45, 7) is 11.5. The van der Waals surface area contributed by atoms with E-state index in [0.29, 0.717) is 24.0 Å². The summed E-state index contributed by atoms with van der Waals surface area (Å²) in [6, 6.07) is 38.2. The number of benzene rings is 4. The Hall–Kier alpha value is -4.26. The lowest BCUT2D eigenvalue weighted by Crippen LogP contribution is -2.68. The van der Waals surface area contributed by atoms with Gasteiger partial charge in [0.05, 0.1) is 11.7 Å². The Morgan fingerprint density at radius 3 is 1.84 bits per heavy atom. The first-order valence-electron chi connectivity index (χ1n) is 14.6. The van der Waals surface area contributed by atoms with Crippen molar-refractivity contribution in [3.63, 3.8) is 0 Å². The predicted molar refractivity (Wildman–Crippen MR) is 173 cm³/mol. The molecule has 0 aromatic heterocycles. The number of ether oxygens (including phenoxy) is 2. The minimum Gasteiger partial charge on any atom is -0.461 e. The van der Waals surface area contributed by atoms with Crippen molar-refractivity contribution in [1.29, 1.82) is 0 Å². The van der Waals surface area contributed by atoms with Crippen molar-refractivity contribution in [3.05, 3.63) is 133 Å². The van der Waals surface area contributed by atoms with E-state index in [9.17, 15) is 9.59 Å². The topological polar surface area (TPSA) is 61.8 Å². The third-order valence-corrected chi connectivity index (χ3v) is 13.4. The highest BCUT2D eigenvalue weighted by Gasteiger charge is 2.54. The molecule has 5 nitrogen and oxygen atoms in total. The SMILES string of the molecule is C=C1C(OC=O)CC(O[Si](c2ccccc2)(c2ccccc2)C(C)(C)C)C1COC(=O)c1ccc(-c2ccccc2)cc1. The summed E-state index contributed by atoms with van der Waals surface area (Å²) in [5, 5.41) is 2.05. The average molecular weight is 591 g/mol. The van der Waals surface area contributed by atoms with Crippen LogP contribution in [-0.4, -0.2) is 39.6 Å². The van der Waals surface area contributed by atoms with E-state index >= 15 is 0 Å². The van der Waals surface area contributed by atoms with Crippen LogP contribution in [-0.2, 0) is 18.7 Å². The first-order chi connectivity index (χ1) is 20.7. The molecule has 0 heterocycles. The maximum Gasteiger partial charge on any atom is 0.338 e. The fourth-order valence-corrected chi connectivity index (χ4v) is 10.9. The molecule has 1 aliphatic carbocycles. The molecule has 4 aromatic rings. The van der Waals surface area contributed by atoms with Gasteiger partial charge in [0.1, 0.15) is 12.7 Å². The highest BCUT2D eigenvalue weighted by molar-refractivity contribution is 6.99. The van der Waals surface area contributed by atoms with Crippen LogP contribution in [0, 0.1) is 5.92 Å². The van der Waals surface area contributed by atoms with Crippen molar-refractivity contribution in [3.8, 4) is 11.1 Å². The largest absolute Gasteiger partial charge is 0.461 e. The molecule has 0 N–H and O–H groups in total. The van der Waals surface area contributed by atoms with Crippen molar-refractivity contribution in [1.82, 2.24) is 0 Å². The Labute approximate surface area is 255 Å². The molecule has 1 fully saturated rings. The Morgan fingerprint density at radius 2 is 1.33 bits per heavy atom. The van der Waals surface area contributed by atoms with Crippen molar-refractivity contribution in [2.24, 2.45) is 5.92 Å². The Balaban J connectivity index is 1.43. The average Bonchev–Trinajstić information content (AvgIpc) is 3.32. The molecular weight excluding hydrogens is 552 g/mol. The standard InChI is InChI=1S/C37H38O5Si/c1-27-33(25-40-36(39)30-22-20-29(21-23-30)28-14-8-5-9-15-28)35(24-34(27)41-26-38)42-43(37(2,3)4,31-16-10-6-11-17-31)32-18-12-7-13-19-32/h5-23,26,33-35H,1,24-25H2,2-4H3. The van der Waals surface area contributed by atoms with Gasteiger partial charge in [-0.15, -0.1) is 0 Å². The molecule has 1 saturated carbocycles. The molecule has 0 spiro atoms. The predicted octanol–water partition coefficient (Wildman–Crippen LogP) is 6.57. The minimum absolute atomic E-state index is 0.0691. The molecular formula is C37H38O5Si. The first-order valence-corrected chi connectivity index (χ1v) is 16.5. The van der Waals surface area contributed by atoms with Gasteiger partial charge in [0.2, 0.25) is 0 Å². The maximum absolute atomic E-state index is 13.2. The number of carbonyl (C=O) groups is 2. The lowest BCUT2D eigenvalue weighted by molar-refractivity contribution is -0.132. The Morgan fingerprint density at radius 1 is 0.814 bits per heavy atom. The monoisotopic (exact) mass is 590 g/mol. The van der Waals surface area contributed by atoms with E-state index in [1.807, 2.05) is 78.9 Å². The summed E-state index contributed by atoms with van der Waals surface area (Å²) in [5.74, 6) is -0.768. The number of hydrogen-bond acceptors (Lipinski definition) is 5. The van der Waals surface area contributed by atoms with Gasteiger partial charge in [-0.3, -0.25) is 4.79 Å². The molecule has 43 heavy (non-hydrogen) atoms. The van der Waals surface area contributed by atoms with E-state index in [-0.39, 0.29) is 23.7 Å². The van der Waals surface area contributed by atoms with E-state index in [4.69, 9.17) is 13.9 Å². The van der Waals surface area contributed by atoms with Crippen molar-refractivity contribution in [2.75, 3.05) is 6.61 Å². The van der Waals surface area contributed by atoms with Crippen LogP contribution >= 0.6 is 0 Å². The minimum atomic E-state index is -2.92.